The van der Waals surface area contributed by atoms with E-state index in [-0.39, 0.29) is 23.9 Å². The van der Waals surface area contributed by atoms with Gasteiger partial charge in [0, 0.05) is 30.8 Å². The van der Waals surface area contributed by atoms with E-state index in [1.165, 1.54) is 24.3 Å². The number of amides is 2. The molecule has 3 N–H and O–H groups in total. The maximum atomic E-state index is 15.3. The van der Waals surface area contributed by atoms with E-state index >= 15 is 4.39 Å². The van der Waals surface area contributed by atoms with E-state index in [4.69, 9.17) is 4.42 Å². The van der Waals surface area contributed by atoms with Crippen LogP contribution < -0.4 is 15.5 Å². The zero-order chi connectivity index (χ0) is 31.4. The van der Waals surface area contributed by atoms with Crippen molar-refractivity contribution >= 4 is 29.2 Å². The van der Waals surface area contributed by atoms with Crippen LogP contribution in [0.5, 0.6) is 0 Å². The van der Waals surface area contributed by atoms with Gasteiger partial charge in [0.2, 0.25) is 5.91 Å². The Morgan fingerprint density at radius 1 is 0.977 bits per heavy atom. The second-order valence-electron chi connectivity index (χ2n) is 11.1. The topological polar surface area (TPSA) is 112 Å². The van der Waals surface area contributed by atoms with Crippen molar-refractivity contribution in [3.8, 4) is 11.3 Å². The van der Waals surface area contributed by atoms with Gasteiger partial charge in [-0.1, -0.05) is 35.9 Å². The molecule has 0 spiro atoms. The number of aliphatic carboxylic acids is 1. The first-order valence-corrected chi connectivity index (χ1v) is 14.4. The molecule has 2 unspecified atom stereocenters. The third-order valence-electron chi connectivity index (χ3n) is 7.78. The number of halogens is 2. The average molecular weight is 602 g/mol. The van der Waals surface area contributed by atoms with Gasteiger partial charge in [-0.3, -0.25) is 9.59 Å². The molecule has 0 aliphatic carbocycles. The quantitative estimate of drug-likeness (QED) is 0.213. The minimum atomic E-state index is -1.32. The van der Waals surface area contributed by atoms with Gasteiger partial charge in [-0.05, 0) is 80.3 Å². The first-order valence-electron chi connectivity index (χ1n) is 14.4. The van der Waals surface area contributed by atoms with Crippen LogP contribution in [0.2, 0.25) is 0 Å². The first-order chi connectivity index (χ1) is 21.1. The Labute approximate surface area is 253 Å². The van der Waals surface area contributed by atoms with Crippen LogP contribution in [0.3, 0.4) is 0 Å². The smallest absolute Gasteiger partial charge is 0.326 e. The molecule has 8 nitrogen and oxygen atoms in total. The molecular weight excluding hydrogens is 568 g/mol. The van der Waals surface area contributed by atoms with Crippen molar-refractivity contribution in [1.82, 2.24) is 5.32 Å². The van der Waals surface area contributed by atoms with Crippen LogP contribution in [-0.2, 0) is 16.0 Å². The molecule has 1 aromatic heterocycles. The van der Waals surface area contributed by atoms with Gasteiger partial charge in [0.05, 0.1) is 11.6 Å². The summed E-state index contributed by atoms with van der Waals surface area (Å²) in [6.45, 7) is 4.42. The number of carbonyl (C=O) groups is 3. The lowest BCUT2D eigenvalue weighted by Crippen LogP contribution is -2.42. The highest BCUT2D eigenvalue weighted by Crippen LogP contribution is 2.28. The van der Waals surface area contributed by atoms with Crippen molar-refractivity contribution in [1.29, 1.82) is 0 Å². The Morgan fingerprint density at radius 2 is 1.75 bits per heavy atom. The summed E-state index contributed by atoms with van der Waals surface area (Å²) in [6, 6.07) is 18.2. The molecule has 2 heterocycles. The summed E-state index contributed by atoms with van der Waals surface area (Å²) in [5.74, 6) is -3.05. The fraction of sp³-hybridized carbons (Fsp3) is 0.265. The second kappa shape index (κ2) is 13.1. The van der Waals surface area contributed by atoms with E-state index in [2.05, 4.69) is 10.6 Å². The third-order valence-corrected chi connectivity index (χ3v) is 7.78. The molecule has 4 aromatic rings. The van der Waals surface area contributed by atoms with Gasteiger partial charge >= 0.3 is 5.97 Å². The van der Waals surface area contributed by atoms with E-state index in [1.54, 1.807) is 36.1 Å². The van der Waals surface area contributed by atoms with Gasteiger partial charge < -0.3 is 25.1 Å². The molecule has 1 saturated heterocycles. The summed E-state index contributed by atoms with van der Waals surface area (Å²) in [6.07, 6.45) is 1.16. The summed E-state index contributed by atoms with van der Waals surface area (Å²) in [4.78, 5) is 39.5. The molecule has 1 aliphatic heterocycles. The SMILES string of the molecule is Cc1ccc(-c2ccc(C(=O)NC(Cc3ccc(N4CCCC(C(=O)Nc5ccc(F)c(C)c5)C4)c(F)c3)C(=O)O)o2)cc1. The van der Waals surface area contributed by atoms with Crippen LogP contribution >= 0.6 is 0 Å². The van der Waals surface area contributed by atoms with Crippen LogP contribution in [0.1, 0.15) is 40.1 Å². The minimum absolute atomic E-state index is 0.0356. The number of hydrogen-bond acceptors (Lipinski definition) is 5. The van der Waals surface area contributed by atoms with Crippen molar-refractivity contribution < 1.29 is 32.7 Å². The van der Waals surface area contributed by atoms with Gasteiger partial charge in [0.25, 0.3) is 5.91 Å². The molecule has 3 aromatic carbocycles. The van der Waals surface area contributed by atoms with Crippen molar-refractivity contribution in [2.45, 2.75) is 39.2 Å². The number of nitrogens with zero attached hydrogens (tertiary/aromatic N) is 1. The number of furan rings is 1. The van der Waals surface area contributed by atoms with Gasteiger partial charge in [-0.25, -0.2) is 13.6 Å². The Hall–Kier alpha value is -4.99. The molecule has 2 atom stereocenters. The maximum Gasteiger partial charge on any atom is 0.326 e. The van der Waals surface area contributed by atoms with E-state index in [0.29, 0.717) is 54.2 Å². The number of piperidine rings is 1. The summed E-state index contributed by atoms with van der Waals surface area (Å²) in [7, 11) is 0. The zero-order valence-corrected chi connectivity index (χ0v) is 24.4. The molecule has 0 bridgehead atoms. The lowest BCUT2D eigenvalue weighted by Gasteiger charge is -2.34. The molecule has 0 radical (unpaired) electrons. The number of carbonyl (C=O) groups excluding carboxylic acids is 2. The number of benzene rings is 3. The number of aryl methyl sites for hydroxylation is 2. The highest BCUT2D eigenvalue weighted by molar-refractivity contribution is 5.95. The van der Waals surface area contributed by atoms with Crippen LogP contribution in [0.4, 0.5) is 20.2 Å². The van der Waals surface area contributed by atoms with Gasteiger partial charge in [0.15, 0.2) is 5.76 Å². The van der Waals surface area contributed by atoms with Crippen LogP contribution in [0.15, 0.2) is 77.2 Å². The third kappa shape index (κ3) is 7.14. The summed E-state index contributed by atoms with van der Waals surface area (Å²) in [5.41, 5.74) is 3.47. The highest BCUT2D eigenvalue weighted by atomic mass is 19.1. The largest absolute Gasteiger partial charge is 0.480 e. The number of rotatable bonds is 9. The van der Waals surface area contributed by atoms with E-state index in [0.717, 1.165) is 11.1 Å². The zero-order valence-electron chi connectivity index (χ0n) is 24.4. The Balaban J connectivity index is 1.21. The Bertz CT molecular complexity index is 1680. The molecule has 0 saturated carbocycles. The summed E-state index contributed by atoms with van der Waals surface area (Å²) in [5, 5.41) is 15.1. The Kier molecular flexibility index (Phi) is 9.08. The standard InChI is InChI=1S/C34H33F2N3O5/c1-20-5-8-23(9-6-20)30-13-14-31(44-30)33(41)38-28(34(42)43)18-22-7-12-29(27(36)17-22)39-15-3-4-24(19-39)32(40)37-25-10-11-26(35)21(2)16-25/h5-14,16-17,24,28H,3-4,15,18-19H2,1-2H3,(H,37,40)(H,38,41)(H,42,43). The van der Waals surface area contributed by atoms with Crippen LogP contribution in [0, 0.1) is 31.4 Å². The van der Waals surface area contributed by atoms with Crippen molar-refractivity contribution in [2.24, 2.45) is 5.92 Å². The number of carboxylic acids is 1. The normalized spacial score (nSPS) is 15.5. The number of hydrogen-bond donors (Lipinski definition) is 3. The average Bonchev–Trinajstić information content (AvgIpc) is 3.50. The maximum absolute atomic E-state index is 15.3. The van der Waals surface area contributed by atoms with Gasteiger partial charge in [-0.2, -0.15) is 0 Å². The van der Waals surface area contributed by atoms with Gasteiger partial charge in [0.1, 0.15) is 23.4 Å². The fourth-order valence-corrected chi connectivity index (χ4v) is 5.31. The minimum Gasteiger partial charge on any atom is -0.480 e. The second-order valence-corrected chi connectivity index (χ2v) is 11.1. The van der Waals surface area contributed by atoms with Crippen molar-refractivity contribution in [3.05, 3.63) is 107 Å². The first kappa shape index (κ1) is 30.5. The monoisotopic (exact) mass is 601 g/mol. The molecule has 5 rings (SSSR count). The molecule has 10 heteroatoms. The molecule has 1 fully saturated rings. The number of carboxylic acid groups (broad SMARTS) is 1. The number of anilines is 2. The molecular formula is C34H33F2N3O5. The lowest BCUT2D eigenvalue weighted by molar-refractivity contribution is -0.139. The van der Waals surface area contributed by atoms with Crippen LogP contribution in [0.25, 0.3) is 11.3 Å². The van der Waals surface area contributed by atoms with Gasteiger partial charge in [-0.15, -0.1) is 0 Å². The highest BCUT2D eigenvalue weighted by Gasteiger charge is 2.28. The summed E-state index contributed by atoms with van der Waals surface area (Å²) >= 11 is 0. The lowest BCUT2D eigenvalue weighted by atomic mass is 9.96. The van der Waals surface area contributed by atoms with E-state index in [1.807, 2.05) is 31.2 Å². The summed E-state index contributed by atoms with van der Waals surface area (Å²) < 4.78 is 34.6. The van der Waals surface area contributed by atoms with Crippen molar-refractivity contribution in [3.63, 3.8) is 0 Å². The predicted molar refractivity (Wildman–Crippen MR) is 163 cm³/mol. The van der Waals surface area contributed by atoms with Crippen molar-refractivity contribution in [2.75, 3.05) is 23.3 Å². The molecule has 44 heavy (non-hydrogen) atoms. The molecule has 228 valence electrons. The molecule has 2 amide bonds. The Morgan fingerprint density at radius 3 is 2.45 bits per heavy atom. The van der Waals surface area contributed by atoms with Crippen LogP contribution in [-0.4, -0.2) is 42.0 Å². The molecule has 1 aliphatic rings. The fourth-order valence-electron chi connectivity index (χ4n) is 5.31. The number of nitrogens with one attached hydrogen (secondary N) is 2. The van der Waals surface area contributed by atoms with E-state index < -0.39 is 29.7 Å². The predicted octanol–water partition coefficient (Wildman–Crippen LogP) is 6.12. The van der Waals surface area contributed by atoms with E-state index in [9.17, 15) is 23.9 Å².